The van der Waals surface area contributed by atoms with Crippen molar-refractivity contribution >= 4 is 11.9 Å². The first-order chi connectivity index (χ1) is 7.88. The fraction of sp³-hybridized carbons (Fsp3) is 0.833. The highest BCUT2D eigenvalue weighted by molar-refractivity contribution is 5.75. The van der Waals surface area contributed by atoms with Crippen molar-refractivity contribution in [3.8, 4) is 0 Å². The predicted molar refractivity (Wildman–Crippen MR) is 62.4 cm³/mol. The second-order valence-electron chi connectivity index (χ2n) is 4.88. The smallest absolute Gasteiger partial charge is 0.310 e. The van der Waals surface area contributed by atoms with Crippen molar-refractivity contribution in [2.45, 2.75) is 45.3 Å². The number of esters is 2. The number of ether oxygens (including phenoxy) is 2. The second kappa shape index (κ2) is 5.49. The van der Waals surface area contributed by atoms with E-state index < -0.39 is 5.60 Å². The summed E-state index contributed by atoms with van der Waals surface area (Å²) in [4.78, 5) is 23.1. The van der Waals surface area contributed by atoms with E-state index in [0.717, 1.165) is 0 Å². The van der Waals surface area contributed by atoms with Gasteiger partial charge in [-0.2, -0.15) is 0 Å². The lowest BCUT2D eigenvalue weighted by Gasteiger charge is -2.33. The molecule has 1 fully saturated rings. The van der Waals surface area contributed by atoms with Gasteiger partial charge in [0.2, 0.25) is 0 Å². The average Bonchev–Trinajstić information content (AvgIpc) is 2.25. The van der Waals surface area contributed by atoms with Gasteiger partial charge in [0.25, 0.3) is 0 Å². The van der Waals surface area contributed by atoms with Crippen LogP contribution in [0.5, 0.6) is 0 Å². The molecule has 3 unspecified atom stereocenters. The third kappa shape index (κ3) is 3.70. The topological polar surface area (TPSA) is 64.6 Å². The Morgan fingerprint density at radius 2 is 2.18 bits per heavy atom. The molecule has 0 aromatic rings. The SMILES string of the molecule is CNC(C)C(C)C(=O)OC1(C)CCOC(=O)C1. The number of cyclic esters (lactones) is 1. The minimum Gasteiger partial charge on any atom is -0.465 e. The van der Waals surface area contributed by atoms with Crippen molar-refractivity contribution in [2.75, 3.05) is 13.7 Å². The van der Waals surface area contributed by atoms with E-state index in [1.807, 2.05) is 13.8 Å². The standard InChI is InChI=1S/C12H21NO4/c1-8(9(2)13-4)11(15)17-12(3)5-6-16-10(14)7-12/h8-9,13H,5-7H2,1-4H3. The lowest BCUT2D eigenvalue weighted by molar-refractivity contribution is -0.178. The molecule has 0 spiro atoms. The van der Waals surface area contributed by atoms with Gasteiger partial charge in [-0.3, -0.25) is 9.59 Å². The van der Waals surface area contributed by atoms with Crippen molar-refractivity contribution in [1.82, 2.24) is 5.32 Å². The van der Waals surface area contributed by atoms with E-state index >= 15 is 0 Å². The van der Waals surface area contributed by atoms with Crippen LogP contribution in [0.4, 0.5) is 0 Å². The third-order valence-electron chi connectivity index (χ3n) is 3.34. The summed E-state index contributed by atoms with van der Waals surface area (Å²) in [5.41, 5.74) is -0.714. The minimum atomic E-state index is -0.714. The molecular formula is C12H21NO4. The molecule has 0 aliphatic carbocycles. The van der Waals surface area contributed by atoms with Gasteiger partial charge in [-0.05, 0) is 20.9 Å². The van der Waals surface area contributed by atoms with Crippen molar-refractivity contribution in [1.29, 1.82) is 0 Å². The summed E-state index contributed by atoms with van der Waals surface area (Å²) in [5.74, 6) is -0.820. The maximum atomic E-state index is 11.9. The van der Waals surface area contributed by atoms with Crippen molar-refractivity contribution in [3.63, 3.8) is 0 Å². The molecule has 0 radical (unpaired) electrons. The van der Waals surface area contributed by atoms with Gasteiger partial charge in [-0.1, -0.05) is 6.92 Å². The highest BCUT2D eigenvalue weighted by Gasteiger charge is 2.37. The Morgan fingerprint density at radius 1 is 1.53 bits per heavy atom. The lowest BCUT2D eigenvalue weighted by Crippen LogP contribution is -2.44. The lowest BCUT2D eigenvalue weighted by atomic mass is 9.95. The zero-order chi connectivity index (χ0) is 13.1. The number of nitrogens with one attached hydrogen (secondary N) is 1. The van der Waals surface area contributed by atoms with Gasteiger partial charge in [0.05, 0.1) is 18.9 Å². The van der Waals surface area contributed by atoms with Gasteiger partial charge in [0.1, 0.15) is 5.60 Å². The van der Waals surface area contributed by atoms with Crippen molar-refractivity contribution in [3.05, 3.63) is 0 Å². The molecule has 5 heteroatoms. The maximum absolute atomic E-state index is 11.9. The molecule has 98 valence electrons. The Hall–Kier alpha value is -1.10. The van der Waals surface area contributed by atoms with Gasteiger partial charge < -0.3 is 14.8 Å². The molecule has 1 aliphatic rings. The van der Waals surface area contributed by atoms with E-state index in [9.17, 15) is 9.59 Å². The highest BCUT2D eigenvalue weighted by Crippen LogP contribution is 2.26. The molecule has 0 bridgehead atoms. The zero-order valence-corrected chi connectivity index (χ0v) is 10.9. The van der Waals surface area contributed by atoms with Crippen LogP contribution < -0.4 is 5.32 Å². The molecule has 1 N–H and O–H groups in total. The molecule has 0 amide bonds. The van der Waals surface area contributed by atoms with Crippen LogP contribution >= 0.6 is 0 Å². The molecule has 0 saturated carbocycles. The monoisotopic (exact) mass is 243 g/mol. The number of hydrogen-bond donors (Lipinski definition) is 1. The van der Waals surface area contributed by atoms with Gasteiger partial charge in [-0.15, -0.1) is 0 Å². The van der Waals surface area contributed by atoms with Gasteiger partial charge in [-0.25, -0.2) is 0 Å². The molecule has 3 atom stereocenters. The Labute approximate surface area is 102 Å². The van der Waals surface area contributed by atoms with Crippen LogP contribution in [-0.4, -0.2) is 37.2 Å². The van der Waals surface area contributed by atoms with E-state index in [-0.39, 0.29) is 30.3 Å². The molecule has 0 aromatic carbocycles. The highest BCUT2D eigenvalue weighted by atomic mass is 16.6. The van der Waals surface area contributed by atoms with E-state index in [2.05, 4.69) is 5.32 Å². The molecule has 1 aliphatic heterocycles. The Balaban J connectivity index is 2.57. The second-order valence-corrected chi connectivity index (χ2v) is 4.88. The summed E-state index contributed by atoms with van der Waals surface area (Å²) in [7, 11) is 1.80. The first-order valence-electron chi connectivity index (χ1n) is 5.94. The first kappa shape index (κ1) is 14.0. The fourth-order valence-electron chi connectivity index (χ4n) is 1.70. The Bertz CT molecular complexity index is 305. The summed E-state index contributed by atoms with van der Waals surface area (Å²) in [6.07, 6.45) is 0.699. The van der Waals surface area contributed by atoms with Crippen LogP contribution in [0, 0.1) is 5.92 Å². The quantitative estimate of drug-likeness (QED) is 0.742. The first-order valence-corrected chi connectivity index (χ1v) is 5.94. The number of carbonyl (C=O) groups excluding carboxylic acids is 2. The van der Waals surface area contributed by atoms with E-state index in [1.54, 1.807) is 14.0 Å². The third-order valence-corrected chi connectivity index (χ3v) is 3.34. The van der Waals surface area contributed by atoms with E-state index in [1.165, 1.54) is 0 Å². The van der Waals surface area contributed by atoms with Crippen LogP contribution in [0.2, 0.25) is 0 Å². The van der Waals surface area contributed by atoms with Crippen LogP contribution in [0.3, 0.4) is 0 Å². The zero-order valence-electron chi connectivity index (χ0n) is 10.9. The average molecular weight is 243 g/mol. The normalized spacial score (nSPS) is 28.1. The van der Waals surface area contributed by atoms with E-state index in [0.29, 0.717) is 13.0 Å². The number of carbonyl (C=O) groups is 2. The van der Waals surface area contributed by atoms with Gasteiger partial charge in [0.15, 0.2) is 0 Å². The maximum Gasteiger partial charge on any atom is 0.310 e. The molecule has 1 heterocycles. The summed E-state index contributed by atoms with van der Waals surface area (Å²) in [5, 5.41) is 3.01. The molecule has 1 saturated heterocycles. The summed E-state index contributed by atoms with van der Waals surface area (Å²) < 4.78 is 10.3. The van der Waals surface area contributed by atoms with Crippen molar-refractivity contribution < 1.29 is 19.1 Å². The number of rotatable bonds is 4. The van der Waals surface area contributed by atoms with Crippen LogP contribution in [0.25, 0.3) is 0 Å². The largest absolute Gasteiger partial charge is 0.465 e. The predicted octanol–water partition coefficient (Wildman–Crippen LogP) is 0.869. The van der Waals surface area contributed by atoms with Crippen molar-refractivity contribution in [2.24, 2.45) is 5.92 Å². The van der Waals surface area contributed by atoms with Gasteiger partial charge in [0, 0.05) is 12.5 Å². The van der Waals surface area contributed by atoms with Gasteiger partial charge >= 0.3 is 11.9 Å². The molecule has 17 heavy (non-hydrogen) atoms. The van der Waals surface area contributed by atoms with Crippen LogP contribution in [-0.2, 0) is 19.1 Å². The minimum absolute atomic E-state index is 0.0432. The van der Waals surface area contributed by atoms with Crippen LogP contribution in [0.15, 0.2) is 0 Å². The van der Waals surface area contributed by atoms with Crippen LogP contribution in [0.1, 0.15) is 33.6 Å². The molecular weight excluding hydrogens is 222 g/mol. The summed E-state index contributed by atoms with van der Waals surface area (Å²) in [6, 6.07) is 0.0432. The summed E-state index contributed by atoms with van der Waals surface area (Å²) in [6.45, 7) is 5.83. The van der Waals surface area contributed by atoms with E-state index in [4.69, 9.17) is 9.47 Å². The Morgan fingerprint density at radius 3 is 2.71 bits per heavy atom. The fourth-order valence-corrected chi connectivity index (χ4v) is 1.70. The summed E-state index contributed by atoms with van der Waals surface area (Å²) >= 11 is 0. The molecule has 5 nitrogen and oxygen atoms in total. The number of hydrogen-bond acceptors (Lipinski definition) is 5. The molecule has 0 aromatic heterocycles. The Kier molecular flexibility index (Phi) is 4.51. The molecule has 1 rings (SSSR count).